The fourth-order valence-corrected chi connectivity index (χ4v) is 3.07. The molecular formula is C21H37F6NO10. The van der Waals surface area contributed by atoms with E-state index < -0.39 is 63.8 Å². The van der Waals surface area contributed by atoms with E-state index in [0.29, 0.717) is 6.61 Å². The number of rotatable bonds is 24. The van der Waals surface area contributed by atoms with Gasteiger partial charge < -0.3 is 43.9 Å². The average Bonchev–Trinajstić information content (AvgIpc) is 3.31. The second kappa shape index (κ2) is 18.5. The molecule has 1 fully saturated rings. The highest BCUT2D eigenvalue weighted by atomic mass is 19.3. The molecule has 2 unspecified atom stereocenters. The van der Waals surface area contributed by atoms with Crippen molar-refractivity contribution in [1.29, 1.82) is 0 Å². The van der Waals surface area contributed by atoms with Crippen LogP contribution in [0.15, 0.2) is 0 Å². The monoisotopic (exact) mass is 577 g/mol. The summed E-state index contributed by atoms with van der Waals surface area (Å²) >= 11 is 0. The van der Waals surface area contributed by atoms with Crippen LogP contribution in [0.3, 0.4) is 0 Å². The Labute approximate surface area is 216 Å². The van der Waals surface area contributed by atoms with Gasteiger partial charge in [0, 0.05) is 6.54 Å². The van der Waals surface area contributed by atoms with Crippen molar-refractivity contribution < 1.29 is 74.8 Å². The zero-order valence-corrected chi connectivity index (χ0v) is 20.9. The summed E-state index contributed by atoms with van der Waals surface area (Å²) in [6.45, 7) is -2.92. The predicted octanol–water partition coefficient (Wildman–Crippen LogP) is 0.648. The number of ether oxygens (including phenoxy) is 7. The fraction of sp³-hybridized carbons (Fsp3) is 1.00. The molecule has 0 spiro atoms. The van der Waals surface area contributed by atoms with E-state index in [1.807, 2.05) is 0 Å². The van der Waals surface area contributed by atoms with Gasteiger partial charge in [0.2, 0.25) is 0 Å². The van der Waals surface area contributed by atoms with Gasteiger partial charge in [0.15, 0.2) is 0 Å². The molecule has 2 atom stereocenters. The van der Waals surface area contributed by atoms with E-state index in [1.54, 1.807) is 0 Å². The van der Waals surface area contributed by atoms with Crippen molar-refractivity contribution in [2.24, 2.45) is 0 Å². The molecule has 1 aliphatic rings. The normalized spacial score (nSPS) is 17.3. The van der Waals surface area contributed by atoms with Gasteiger partial charge in [-0.05, 0) is 25.9 Å². The van der Waals surface area contributed by atoms with Gasteiger partial charge in [0.05, 0.1) is 59.5 Å². The number of aliphatic hydroxyl groups is 3. The number of hydrogen-bond donors (Lipinski definition) is 3. The number of hydrogen-bond acceptors (Lipinski definition) is 11. The highest BCUT2D eigenvalue weighted by Gasteiger charge is 2.52. The van der Waals surface area contributed by atoms with E-state index in [0.717, 1.165) is 32.5 Å². The molecule has 17 heteroatoms. The number of alkyl halides is 6. The third-order valence-corrected chi connectivity index (χ3v) is 4.68. The predicted molar refractivity (Wildman–Crippen MR) is 116 cm³/mol. The number of halogens is 6. The summed E-state index contributed by atoms with van der Waals surface area (Å²) < 4.78 is 111. The number of likely N-dealkylation sites (tertiary alicyclic amines) is 1. The molecule has 1 heterocycles. The first kappa shape index (κ1) is 35.2. The SMILES string of the molecule is OCCOCC(O)COCC(F)(F)OC(F)(F)OC(F)(F)COCCOCC(O)COCCN1CCCC1. The molecule has 0 aliphatic carbocycles. The Morgan fingerprint density at radius 3 is 1.63 bits per heavy atom. The Hall–Kier alpha value is -0.860. The molecule has 0 aromatic carbocycles. The minimum absolute atomic E-state index is 0.00495. The molecule has 0 bridgehead atoms. The summed E-state index contributed by atoms with van der Waals surface area (Å²) in [5.41, 5.74) is 0. The molecule has 1 aliphatic heterocycles. The molecular weight excluding hydrogens is 540 g/mol. The van der Waals surface area contributed by atoms with Crippen molar-refractivity contribution in [3.8, 4) is 0 Å². The summed E-state index contributed by atoms with van der Waals surface area (Å²) in [5.74, 6) is 0. The van der Waals surface area contributed by atoms with Gasteiger partial charge in [-0.15, -0.1) is 8.78 Å². The first-order chi connectivity index (χ1) is 17.8. The van der Waals surface area contributed by atoms with Crippen LogP contribution >= 0.6 is 0 Å². The first-order valence-corrected chi connectivity index (χ1v) is 12.0. The van der Waals surface area contributed by atoms with Crippen molar-refractivity contribution in [3.05, 3.63) is 0 Å². The average molecular weight is 578 g/mol. The van der Waals surface area contributed by atoms with Gasteiger partial charge in [-0.25, -0.2) is 9.47 Å². The molecule has 0 aromatic heterocycles. The van der Waals surface area contributed by atoms with Gasteiger partial charge in [-0.1, -0.05) is 0 Å². The molecule has 11 nitrogen and oxygen atoms in total. The molecule has 228 valence electrons. The van der Waals surface area contributed by atoms with Crippen LogP contribution in [0.4, 0.5) is 26.3 Å². The zero-order valence-electron chi connectivity index (χ0n) is 20.9. The summed E-state index contributed by atoms with van der Waals surface area (Å²) in [4.78, 5) is 2.23. The Balaban J connectivity index is 2.15. The minimum atomic E-state index is -5.42. The Morgan fingerprint density at radius 2 is 1.08 bits per heavy atom. The van der Waals surface area contributed by atoms with Crippen LogP contribution in [0.1, 0.15) is 12.8 Å². The van der Waals surface area contributed by atoms with Crippen molar-refractivity contribution in [1.82, 2.24) is 4.90 Å². The van der Waals surface area contributed by atoms with Gasteiger partial charge in [-0.2, -0.15) is 17.6 Å². The molecule has 1 rings (SSSR count). The maximum atomic E-state index is 13.6. The quantitative estimate of drug-likeness (QED) is 0.0850. The van der Waals surface area contributed by atoms with Gasteiger partial charge in [0.1, 0.15) is 25.4 Å². The summed E-state index contributed by atoms with van der Waals surface area (Å²) in [5, 5.41) is 27.6. The van der Waals surface area contributed by atoms with E-state index >= 15 is 0 Å². The Morgan fingerprint density at radius 1 is 0.632 bits per heavy atom. The maximum absolute atomic E-state index is 13.6. The Bertz CT molecular complexity index is 605. The number of nitrogens with zero attached hydrogens (tertiary/aromatic N) is 1. The summed E-state index contributed by atoms with van der Waals surface area (Å²) in [7, 11) is 0. The first-order valence-electron chi connectivity index (χ1n) is 12.0. The maximum Gasteiger partial charge on any atom is 0.495 e. The third kappa shape index (κ3) is 18.4. The highest BCUT2D eigenvalue weighted by molar-refractivity contribution is 4.65. The Kier molecular flexibility index (Phi) is 17.1. The van der Waals surface area contributed by atoms with Crippen molar-refractivity contribution in [3.63, 3.8) is 0 Å². The van der Waals surface area contributed by atoms with E-state index in [2.05, 4.69) is 23.8 Å². The molecule has 3 N–H and O–H groups in total. The molecule has 1 saturated heterocycles. The molecule has 38 heavy (non-hydrogen) atoms. The smallest absolute Gasteiger partial charge is 0.394 e. The topological polar surface area (TPSA) is 129 Å². The molecule has 0 saturated carbocycles. The van der Waals surface area contributed by atoms with Crippen LogP contribution in [0.25, 0.3) is 0 Å². The van der Waals surface area contributed by atoms with Crippen molar-refractivity contribution in [2.75, 3.05) is 92.3 Å². The second-order valence-corrected chi connectivity index (χ2v) is 8.31. The number of aliphatic hydroxyl groups excluding tert-OH is 3. The molecule has 0 radical (unpaired) electrons. The largest absolute Gasteiger partial charge is 0.495 e. The third-order valence-electron chi connectivity index (χ3n) is 4.68. The molecule has 0 aromatic rings. The van der Waals surface area contributed by atoms with E-state index in [1.165, 1.54) is 0 Å². The zero-order chi connectivity index (χ0) is 28.5. The van der Waals surface area contributed by atoms with Crippen LogP contribution in [0.5, 0.6) is 0 Å². The van der Waals surface area contributed by atoms with Gasteiger partial charge in [-0.3, -0.25) is 0 Å². The second-order valence-electron chi connectivity index (χ2n) is 8.31. The van der Waals surface area contributed by atoms with Crippen LogP contribution in [-0.2, 0) is 33.2 Å². The summed E-state index contributed by atoms with van der Waals surface area (Å²) in [6, 6.07) is 0. The fourth-order valence-electron chi connectivity index (χ4n) is 3.07. The lowest BCUT2D eigenvalue weighted by Crippen LogP contribution is -2.44. The van der Waals surface area contributed by atoms with E-state index in [-0.39, 0.29) is 33.0 Å². The van der Waals surface area contributed by atoms with Crippen LogP contribution in [0.2, 0.25) is 0 Å². The highest BCUT2D eigenvalue weighted by Crippen LogP contribution is 2.33. The van der Waals surface area contributed by atoms with Crippen LogP contribution in [-0.4, -0.2) is 143 Å². The van der Waals surface area contributed by atoms with Crippen LogP contribution in [0, 0.1) is 0 Å². The lowest BCUT2D eigenvalue weighted by Gasteiger charge is -2.26. The van der Waals surface area contributed by atoms with Crippen LogP contribution < -0.4 is 0 Å². The lowest BCUT2D eigenvalue weighted by atomic mass is 10.4. The van der Waals surface area contributed by atoms with Crippen molar-refractivity contribution >= 4 is 0 Å². The molecule has 0 amide bonds. The minimum Gasteiger partial charge on any atom is -0.394 e. The standard InChI is InChI=1S/C21H37F6NO10/c22-19(23,15-35-10-9-34-13-17(30)11-32-7-5-28-3-1-2-4-28)37-21(26,27)38-20(24,25)16-36-14-18(31)12-33-8-6-29/h17-18,29-31H,1-16H2. The van der Waals surface area contributed by atoms with Crippen molar-refractivity contribution in [2.45, 2.75) is 43.6 Å². The van der Waals surface area contributed by atoms with E-state index in [9.17, 15) is 36.6 Å². The summed E-state index contributed by atoms with van der Waals surface area (Å²) in [6.07, 6.45) is -15.0. The van der Waals surface area contributed by atoms with Gasteiger partial charge in [0.25, 0.3) is 0 Å². The van der Waals surface area contributed by atoms with E-state index in [4.69, 9.17) is 19.3 Å². The lowest BCUT2D eigenvalue weighted by molar-refractivity contribution is -0.518. The van der Waals surface area contributed by atoms with Gasteiger partial charge >= 0.3 is 18.5 Å².